The SMILES string of the molecule is CC(C)C[C@@H]1NC(=O)[C@H](CCc2c[nH]c3ccccc23)NC(=O)CNC2(CNC1=O)COC2. The van der Waals surface area contributed by atoms with E-state index in [2.05, 4.69) is 26.3 Å². The highest BCUT2D eigenvalue weighted by Gasteiger charge is 2.40. The first-order valence-corrected chi connectivity index (χ1v) is 11.6. The Bertz CT molecular complexity index is 1010. The molecule has 1 spiro atoms. The minimum Gasteiger partial charge on any atom is -0.377 e. The summed E-state index contributed by atoms with van der Waals surface area (Å²) in [4.78, 5) is 42.0. The van der Waals surface area contributed by atoms with Crippen LogP contribution in [-0.4, -0.2) is 66.6 Å². The molecule has 0 unspecified atom stereocenters. The third-order valence-corrected chi connectivity index (χ3v) is 6.35. The highest BCUT2D eigenvalue weighted by molar-refractivity contribution is 5.92. The third kappa shape index (κ3) is 5.54. The van der Waals surface area contributed by atoms with Crippen molar-refractivity contribution in [2.24, 2.45) is 5.92 Å². The normalized spacial score (nSPS) is 23.9. The number of benzene rings is 1. The molecule has 2 atom stereocenters. The summed E-state index contributed by atoms with van der Waals surface area (Å²) in [6.07, 6.45) is 3.48. The molecule has 2 aliphatic heterocycles. The van der Waals surface area contributed by atoms with Crippen LogP contribution >= 0.6 is 0 Å². The van der Waals surface area contributed by atoms with Crippen molar-refractivity contribution >= 4 is 28.6 Å². The van der Waals surface area contributed by atoms with Crippen molar-refractivity contribution in [3.05, 3.63) is 36.0 Å². The van der Waals surface area contributed by atoms with Gasteiger partial charge in [0.05, 0.1) is 25.3 Å². The minimum atomic E-state index is -0.747. The Labute approximate surface area is 193 Å². The van der Waals surface area contributed by atoms with Crippen molar-refractivity contribution in [1.82, 2.24) is 26.3 Å². The lowest BCUT2D eigenvalue weighted by molar-refractivity contribution is -0.135. The third-order valence-electron chi connectivity index (χ3n) is 6.35. The van der Waals surface area contributed by atoms with E-state index < -0.39 is 17.6 Å². The van der Waals surface area contributed by atoms with Gasteiger partial charge in [-0.2, -0.15) is 0 Å². The number of carbonyl (C=O) groups excluding carboxylic acids is 3. The van der Waals surface area contributed by atoms with Gasteiger partial charge in [-0.15, -0.1) is 0 Å². The Morgan fingerprint density at radius 1 is 1.06 bits per heavy atom. The fraction of sp³-hybridized carbons (Fsp3) is 0.542. The van der Waals surface area contributed by atoms with Gasteiger partial charge >= 0.3 is 0 Å². The lowest BCUT2D eigenvalue weighted by atomic mass is 9.96. The summed E-state index contributed by atoms with van der Waals surface area (Å²) in [6.45, 7) is 5.25. The van der Waals surface area contributed by atoms with Gasteiger partial charge in [0.15, 0.2) is 0 Å². The molecule has 2 fully saturated rings. The van der Waals surface area contributed by atoms with Crippen LogP contribution in [0.4, 0.5) is 0 Å². The predicted molar refractivity (Wildman–Crippen MR) is 124 cm³/mol. The van der Waals surface area contributed by atoms with Crippen LogP contribution < -0.4 is 21.3 Å². The van der Waals surface area contributed by atoms with Gasteiger partial charge in [0, 0.05) is 23.6 Å². The molecule has 2 aliphatic rings. The Kier molecular flexibility index (Phi) is 6.99. The first-order valence-electron chi connectivity index (χ1n) is 11.6. The Balaban J connectivity index is 1.52. The number of carbonyl (C=O) groups is 3. The number of amides is 3. The molecule has 1 aromatic heterocycles. The van der Waals surface area contributed by atoms with Gasteiger partial charge in [-0.25, -0.2) is 0 Å². The van der Waals surface area contributed by atoms with Gasteiger partial charge in [-0.05, 0) is 36.8 Å². The molecule has 0 aliphatic carbocycles. The van der Waals surface area contributed by atoms with Crippen LogP contribution in [0.2, 0.25) is 0 Å². The van der Waals surface area contributed by atoms with Crippen molar-refractivity contribution in [3.63, 3.8) is 0 Å². The number of hydrogen-bond acceptors (Lipinski definition) is 5. The quantitative estimate of drug-likeness (QED) is 0.452. The minimum absolute atomic E-state index is 0.0471. The molecule has 0 saturated carbocycles. The number of aryl methyl sites for hydroxylation is 1. The molecule has 3 amide bonds. The summed E-state index contributed by atoms with van der Waals surface area (Å²) >= 11 is 0. The standard InChI is InChI=1S/C24H33N5O4/c1-15(2)9-20-22(31)26-12-24(13-33-14-24)27-11-21(30)28-19(23(32)29-20)8-7-16-10-25-18-6-4-3-5-17(16)18/h3-6,10,15,19-20,25,27H,7-9,11-14H2,1-2H3,(H,26,31)(H,28,30)(H,29,32)/t19-,20-/m0/s1. The number of aromatic nitrogens is 1. The molecule has 2 saturated heterocycles. The molecule has 178 valence electrons. The van der Waals surface area contributed by atoms with E-state index >= 15 is 0 Å². The summed E-state index contributed by atoms with van der Waals surface area (Å²) in [6, 6.07) is 6.57. The zero-order valence-electron chi connectivity index (χ0n) is 19.2. The van der Waals surface area contributed by atoms with Gasteiger partial charge < -0.3 is 25.7 Å². The van der Waals surface area contributed by atoms with Crippen LogP contribution in [0.15, 0.2) is 30.5 Å². The number of H-pyrrole nitrogens is 1. The first kappa shape index (κ1) is 23.3. The maximum Gasteiger partial charge on any atom is 0.243 e. The molecule has 3 heterocycles. The van der Waals surface area contributed by atoms with Gasteiger partial charge in [-0.3, -0.25) is 19.7 Å². The number of ether oxygens (including phenoxy) is 1. The van der Waals surface area contributed by atoms with Crippen LogP contribution in [0.25, 0.3) is 10.9 Å². The number of para-hydroxylation sites is 1. The lowest BCUT2D eigenvalue weighted by Gasteiger charge is -2.42. The zero-order valence-corrected chi connectivity index (χ0v) is 19.2. The first-order chi connectivity index (χ1) is 15.8. The highest BCUT2D eigenvalue weighted by Crippen LogP contribution is 2.20. The van der Waals surface area contributed by atoms with Gasteiger partial charge in [0.1, 0.15) is 12.1 Å². The maximum absolute atomic E-state index is 13.2. The van der Waals surface area contributed by atoms with Crippen LogP contribution in [0.3, 0.4) is 0 Å². The summed E-state index contributed by atoms with van der Waals surface area (Å²) in [5, 5.41) is 13.0. The molecular formula is C24H33N5O4. The molecule has 5 N–H and O–H groups in total. The Morgan fingerprint density at radius 3 is 2.58 bits per heavy atom. The topological polar surface area (TPSA) is 124 Å². The molecule has 2 aromatic rings. The van der Waals surface area contributed by atoms with E-state index in [1.165, 1.54) is 0 Å². The van der Waals surface area contributed by atoms with E-state index in [9.17, 15) is 14.4 Å². The van der Waals surface area contributed by atoms with Crippen molar-refractivity contribution < 1.29 is 19.1 Å². The summed E-state index contributed by atoms with van der Waals surface area (Å²) < 4.78 is 5.34. The molecule has 33 heavy (non-hydrogen) atoms. The monoisotopic (exact) mass is 455 g/mol. The van der Waals surface area contributed by atoms with E-state index in [1.54, 1.807) is 0 Å². The average Bonchev–Trinajstić information content (AvgIpc) is 3.17. The number of nitrogens with one attached hydrogen (secondary N) is 5. The van der Waals surface area contributed by atoms with Gasteiger partial charge in [0.25, 0.3) is 0 Å². The van der Waals surface area contributed by atoms with Crippen LogP contribution in [0, 0.1) is 5.92 Å². The largest absolute Gasteiger partial charge is 0.377 e. The van der Waals surface area contributed by atoms with Gasteiger partial charge in [-0.1, -0.05) is 32.0 Å². The van der Waals surface area contributed by atoms with Crippen molar-refractivity contribution in [2.45, 2.75) is 50.7 Å². The second-order valence-electron chi connectivity index (χ2n) is 9.55. The number of aromatic amines is 1. The maximum atomic E-state index is 13.2. The van der Waals surface area contributed by atoms with E-state index in [0.29, 0.717) is 39.0 Å². The second kappa shape index (κ2) is 9.93. The van der Waals surface area contributed by atoms with Gasteiger partial charge in [0.2, 0.25) is 17.7 Å². The second-order valence-corrected chi connectivity index (χ2v) is 9.55. The zero-order chi connectivity index (χ0) is 23.4. The molecule has 9 heteroatoms. The Hall–Kier alpha value is -2.91. The van der Waals surface area contributed by atoms with Crippen molar-refractivity contribution in [3.8, 4) is 0 Å². The number of hydrogen-bond donors (Lipinski definition) is 5. The predicted octanol–water partition coefficient (Wildman–Crippen LogP) is 0.605. The summed E-state index contributed by atoms with van der Waals surface area (Å²) in [5.41, 5.74) is 1.66. The highest BCUT2D eigenvalue weighted by atomic mass is 16.5. The van der Waals surface area contributed by atoms with E-state index in [1.807, 2.05) is 44.3 Å². The lowest BCUT2D eigenvalue weighted by Crippen LogP contribution is -2.68. The van der Waals surface area contributed by atoms with Crippen molar-refractivity contribution in [1.29, 1.82) is 0 Å². The van der Waals surface area contributed by atoms with Crippen molar-refractivity contribution in [2.75, 3.05) is 26.3 Å². The smallest absolute Gasteiger partial charge is 0.243 e. The van der Waals surface area contributed by atoms with Crippen LogP contribution in [0.5, 0.6) is 0 Å². The fourth-order valence-corrected chi connectivity index (χ4v) is 4.39. The fourth-order valence-electron chi connectivity index (χ4n) is 4.39. The summed E-state index contributed by atoms with van der Waals surface area (Å²) in [7, 11) is 0. The van der Waals surface area contributed by atoms with E-state index in [-0.39, 0.29) is 30.2 Å². The molecule has 0 radical (unpaired) electrons. The molecule has 1 aromatic carbocycles. The number of fused-ring (bicyclic) bond motifs is 1. The summed E-state index contributed by atoms with van der Waals surface area (Å²) in [5.74, 6) is -0.598. The van der Waals surface area contributed by atoms with E-state index in [0.717, 1.165) is 16.5 Å². The van der Waals surface area contributed by atoms with Crippen LogP contribution in [0.1, 0.15) is 32.3 Å². The molecular weight excluding hydrogens is 422 g/mol. The molecule has 0 bridgehead atoms. The average molecular weight is 456 g/mol. The number of rotatable bonds is 5. The van der Waals surface area contributed by atoms with Crippen LogP contribution in [-0.2, 0) is 25.5 Å². The molecule has 4 rings (SSSR count). The Morgan fingerprint density at radius 2 is 1.85 bits per heavy atom. The van der Waals surface area contributed by atoms with E-state index in [4.69, 9.17) is 4.74 Å². The molecule has 9 nitrogen and oxygen atoms in total.